The Kier molecular flexibility index (Phi) is 3.90. The summed E-state index contributed by atoms with van der Waals surface area (Å²) in [6.45, 7) is 6.21. The van der Waals surface area contributed by atoms with E-state index in [1.54, 1.807) is 0 Å². The van der Waals surface area contributed by atoms with Crippen molar-refractivity contribution in [2.45, 2.75) is 39.0 Å². The lowest BCUT2D eigenvalue weighted by molar-refractivity contribution is -0.137. The summed E-state index contributed by atoms with van der Waals surface area (Å²) in [4.78, 5) is 42.9. The molecule has 1 amide bonds. The standard InChI is InChI=1S/C27H24N2O4/c1-15-8-10-16(11-9-15)29-19-12-26(2,3)13-21(30)22(19)27(23-20(29)14-33-24(23)31)17-6-4-5-7-18(17)28-25(27)32/h4-11H,12-14H2,1-3H3,(H,28,32). The number of carbonyl (C=O) groups is 3. The Balaban J connectivity index is 1.73. The minimum absolute atomic E-state index is 0.0602. The van der Waals surface area contributed by atoms with Crippen molar-refractivity contribution in [3.63, 3.8) is 0 Å². The van der Waals surface area contributed by atoms with E-state index in [-0.39, 0.29) is 29.3 Å². The number of aryl methyl sites for hydroxylation is 1. The first-order valence-corrected chi connectivity index (χ1v) is 11.2. The second-order valence-electron chi connectivity index (χ2n) is 10.1. The highest BCUT2D eigenvalue weighted by molar-refractivity contribution is 6.24. The van der Waals surface area contributed by atoms with Crippen molar-refractivity contribution in [3.8, 4) is 0 Å². The Morgan fingerprint density at radius 3 is 2.39 bits per heavy atom. The normalized spacial score (nSPS) is 25.2. The van der Waals surface area contributed by atoms with Gasteiger partial charge in [-0.15, -0.1) is 0 Å². The molecule has 0 radical (unpaired) electrons. The number of cyclic esters (lactones) is 1. The second kappa shape index (κ2) is 6.44. The number of rotatable bonds is 1. The number of carbonyl (C=O) groups excluding carboxylic acids is 3. The van der Waals surface area contributed by atoms with Crippen LogP contribution in [-0.4, -0.2) is 24.3 Å². The largest absolute Gasteiger partial charge is 0.456 e. The van der Waals surface area contributed by atoms with Crippen LogP contribution in [0.3, 0.4) is 0 Å². The van der Waals surface area contributed by atoms with E-state index in [1.165, 1.54) is 0 Å². The molecular formula is C27H24N2O4. The molecule has 4 aliphatic rings. The van der Waals surface area contributed by atoms with Crippen molar-refractivity contribution in [2.75, 3.05) is 16.8 Å². The van der Waals surface area contributed by atoms with E-state index in [2.05, 4.69) is 19.2 Å². The van der Waals surface area contributed by atoms with Gasteiger partial charge < -0.3 is 15.0 Å². The maximum atomic E-state index is 13.8. The van der Waals surface area contributed by atoms with Gasteiger partial charge in [-0.1, -0.05) is 49.7 Å². The number of benzene rings is 2. The van der Waals surface area contributed by atoms with Crippen LogP contribution >= 0.6 is 0 Å². The van der Waals surface area contributed by atoms with Crippen LogP contribution < -0.4 is 10.2 Å². The second-order valence-corrected chi connectivity index (χ2v) is 10.1. The zero-order valence-corrected chi connectivity index (χ0v) is 18.8. The summed E-state index contributed by atoms with van der Waals surface area (Å²) in [6, 6.07) is 15.3. The van der Waals surface area contributed by atoms with E-state index in [9.17, 15) is 14.4 Å². The Bertz CT molecular complexity index is 1330. The first-order chi connectivity index (χ1) is 15.7. The number of anilines is 2. The van der Waals surface area contributed by atoms with Crippen LogP contribution in [0.25, 0.3) is 0 Å². The van der Waals surface area contributed by atoms with Gasteiger partial charge in [-0.2, -0.15) is 0 Å². The molecule has 3 aliphatic heterocycles. The van der Waals surface area contributed by atoms with Gasteiger partial charge in [0, 0.05) is 34.6 Å². The van der Waals surface area contributed by atoms with E-state index in [1.807, 2.05) is 60.4 Å². The van der Waals surface area contributed by atoms with Crippen LogP contribution in [0.4, 0.5) is 11.4 Å². The fraction of sp³-hybridized carbons (Fsp3) is 0.296. The van der Waals surface area contributed by atoms with E-state index in [0.717, 1.165) is 16.9 Å². The molecule has 2 aromatic carbocycles. The average Bonchev–Trinajstić information content (AvgIpc) is 3.27. The van der Waals surface area contributed by atoms with Gasteiger partial charge in [0.15, 0.2) is 5.78 Å². The number of ketones is 1. The zero-order chi connectivity index (χ0) is 23.1. The van der Waals surface area contributed by atoms with Crippen molar-refractivity contribution in [2.24, 2.45) is 5.41 Å². The molecule has 1 aliphatic carbocycles. The highest BCUT2D eigenvalue weighted by atomic mass is 16.5. The van der Waals surface area contributed by atoms with Gasteiger partial charge in [-0.25, -0.2) is 4.79 Å². The number of allylic oxidation sites excluding steroid dienone is 1. The number of esters is 1. The highest BCUT2D eigenvalue weighted by Gasteiger charge is 2.64. The van der Waals surface area contributed by atoms with E-state index >= 15 is 0 Å². The molecule has 0 fully saturated rings. The number of hydrogen-bond donors (Lipinski definition) is 1. The van der Waals surface area contributed by atoms with Crippen molar-refractivity contribution >= 4 is 29.0 Å². The van der Waals surface area contributed by atoms with Gasteiger partial charge in [0.2, 0.25) is 5.91 Å². The van der Waals surface area contributed by atoms with E-state index in [4.69, 9.17) is 4.74 Å². The van der Waals surface area contributed by atoms with Crippen LogP contribution in [0.1, 0.15) is 37.8 Å². The smallest absolute Gasteiger partial charge is 0.338 e. The number of fused-ring (bicyclic) bond motifs is 4. The molecule has 0 saturated heterocycles. The van der Waals surface area contributed by atoms with E-state index < -0.39 is 11.4 Å². The predicted molar refractivity (Wildman–Crippen MR) is 123 cm³/mol. The van der Waals surface area contributed by atoms with Crippen molar-refractivity contribution in [1.29, 1.82) is 0 Å². The number of Topliss-reactive ketones (excluding diaryl/α,β-unsaturated/α-hetero) is 1. The maximum Gasteiger partial charge on any atom is 0.338 e. The molecule has 0 saturated carbocycles. The highest BCUT2D eigenvalue weighted by Crippen LogP contribution is 2.58. The quantitative estimate of drug-likeness (QED) is 0.674. The fourth-order valence-corrected chi connectivity index (χ4v) is 5.89. The summed E-state index contributed by atoms with van der Waals surface area (Å²) in [5.41, 5.74) is 3.56. The number of ether oxygens (including phenoxy) is 1. The lowest BCUT2D eigenvalue weighted by atomic mass is 9.60. The summed E-state index contributed by atoms with van der Waals surface area (Å²) in [6.07, 6.45) is 0.909. The Labute approximate surface area is 191 Å². The van der Waals surface area contributed by atoms with Crippen LogP contribution in [0.15, 0.2) is 71.1 Å². The SMILES string of the molecule is Cc1ccc(N2C3=C(C(=O)CC(C)(C)C3)C3(C(=O)Nc4ccccc43)C3=C2COC3=O)cc1. The molecule has 0 bridgehead atoms. The van der Waals surface area contributed by atoms with Crippen LogP contribution in [0, 0.1) is 12.3 Å². The third kappa shape index (κ3) is 2.52. The lowest BCUT2D eigenvalue weighted by Crippen LogP contribution is -2.51. The van der Waals surface area contributed by atoms with Crippen molar-refractivity contribution in [1.82, 2.24) is 0 Å². The lowest BCUT2D eigenvalue weighted by Gasteiger charge is -2.46. The molecule has 6 nitrogen and oxygen atoms in total. The number of para-hydroxylation sites is 1. The molecule has 3 heterocycles. The molecule has 1 atom stereocenters. The topological polar surface area (TPSA) is 75.7 Å². The zero-order valence-electron chi connectivity index (χ0n) is 18.8. The summed E-state index contributed by atoms with van der Waals surface area (Å²) < 4.78 is 5.55. The van der Waals surface area contributed by atoms with Crippen LogP contribution in [0.2, 0.25) is 0 Å². The first-order valence-electron chi connectivity index (χ1n) is 11.2. The number of nitrogens with one attached hydrogen (secondary N) is 1. The minimum Gasteiger partial charge on any atom is -0.456 e. The predicted octanol–water partition coefficient (Wildman–Crippen LogP) is 4.16. The molecule has 166 valence electrons. The van der Waals surface area contributed by atoms with Crippen molar-refractivity contribution in [3.05, 3.63) is 82.2 Å². The molecule has 2 aromatic rings. The number of nitrogens with zero attached hydrogens (tertiary/aromatic N) is 1. The fourth-order valence-electron chi connectivity index (χ4n) is 5.89. The molecule has 6 rings (SSSR count). The Morgan fingerprint density at radius 2 is 1.64 bits per heavy atom. The molecule has 6 heteroatoms. The monoisotopic (exact) mass is 440 g/mol. The number of hydrogen-bond acceptors (Lipinski definition) is 5. The summed E-state index contributed by atoms with van der Waals surface area (Å²) in [5, 5.41) is 2.94. The molecule has 0 aromatic heterocycles. The Morgan fingerprint density at radius 1 is 0.909 bits per heavy atom. The van der Waals surface area contributed by atoms with Gasteiger partial charge in [0.1, 0.15) is 12.0 Å². The molecule has 1 unspecified atom stereocenters. The third-order valence-corrected chi connectivity index (χ3v) is 7.19. The van der Waals surface area contributed by atoms with Crippen molar-refractivity contribution < 1.29 is 19.1 Å². The van der Waals surface area contributed by atoms with Crippen LogP contribution in [-0.2, 0) is 24.5 Å². The summed E-state index contributed by atoms with van der Waals surface area (Å²) >= 11 is 0. The van der Waals surface area contributed by atoms with Crippen LogP contribution in [0.5, 0.6) is 0 Å². The van der Waals surface area contributed by atoms with E-state index in [0.29, 0.717) is 35.4 Å². The van der Waals surface area contributed by atoms with Gasteiger partial charge >= 0.3 is 5.97 Å². The van der Waals surface area contributed by atoms with Gasteiger partial charge in [-0.3, -0.25) is 9.59 Å². The molecule has 1 N–H and O–H groups in total. The average molecular weight is 440 g/mol. The third-order valence-electron chi connectivity index (χ3n) is 7.19. The summed E-state index contributed by atoms with van der Waals surface area (Å²) in [5.74, 6) is -1.01. The molecular weight excluding hydrogens is 416 g/mol. The van der Waals surface area contributed by atoms with Gasteiger partial charge in [0.05, 0.1) is 11.3 Å². The molecule has 1 spiro atoms. The number of amides is 1. The molecule has 33 heavy (non-hydrogen) atoms. The maximum absolute atomic E-state index is 13.8. The van der Waals surface area contributed by atoms with Gasteiger partial charge in [-0.05, 0) is 37.0 Å². The van der Waals surface area contributed by atoms with Gasteiger partial charge in [0.25, 0.3) is 0 Å². The first kappa shape index (κ1) is 20.0. The minimum atomic E-state index is -1.48. The summed E-state index contributed by atoms with van der Waals surface area (Å²) in [7, 11) is 0. The Hall–Kier alpha value is -3.67.